The van der Waals surface area contributed by atoms with Gasteiger partial charge in [0.2, 0.25) is 5.88 Å². The Bertz CT molecular complexity index is 603. The second kappa shape index (κ2) is 6.92. The van der Waals surface area contributed by atoms with Gasteiger partial charge in [-0.15, -0.1) is 0 Å². The molecule has 0 spiro atoms. The van der Waals surface area contributed by atoms with Gasteiger partial charge in [-0.3, -0.25) is 0 Å². The lowest BCUT2D eigenvalue weighted by molar-refractivity contribution is 0.258. The van der Waals surface area contributed by atoms with E-state index in [-0.39, 0.29) is 5.82 Å². The molecule has 0 amide bonds. The number of nitrogens with zero attached hydrogens (tertiary/aromatic N) is 2. The van der Waals surface area contributed by atoms with Crippen molar-refractivity contribution < 1.29 is 9.13 Å². The maximum absolute atomic E-state index is 12.9. The van der Waals surface area contributed by atoms with Gasteiger partial charge in [0, 0.05) is 12.6 Å². The summed E-state index contributed by atoms with van der Waals surface area (Å²) in [6.45, 7) is 1.16. The van der Waals surface area contributed by atoms with Gasteiger partial charge in [-0.1, -0.05) is 25.0 Å². The van der Waals surface area contributed by atoms with Crippen molar-refractivity contribution in [2.75, 3.05) is 7.05 Å². The maximum atomic E-state index is 12.9. The average molecular weight is 303 g/mol. The molecular formula is C17H22FN3O. The first-order valence-corrected chi connectivity index (χ1v) is 7.86. The normalized spacial score (nSPS) is 15.4. The molecular weight excluding hydrogens is 281 g/mol. The molecule has 1 N–H and O–H groups in total. The molecule has 0 atom stereocenters. The molecule has 1 aliphatic rings. The minimum absolute atomic E-state index is 0.226. The first-order valence-electron chi connectivity index (χ1n) is 7.86. The fourth-order valence-electron chi connectivity index (χ4n) is 2.95. The summed E-state index contributed by atoms with van der Waals surface area (Å²) in [6, 6.07) is 8.85. The van der Waals surface area contributed by atoms with Gasteiger partial charge in [0.1, 0.15) is 12.4 Å². The van der Waals surface area contributed by atoms with Gasteiger partial charge >= 0.3 is 0 Å². The summed E-state index contributed by atoms with van der Waals surface area (Å²) >= 11 is 0. The van der Waals surface area contributed by atoms with Crippen LogP contribution in [0.25, 0.3) is 0 Å². The highest BCUT2D eigenvalue weighted by molar-refractivity contribution is 5.20. The Morgan fingerprint density at radius 1 is 1.27 bits per heavy atom. The minimum Gasteiger partial charge on any atom is -0.473 e. The lowest BCUT2D eigenvalue weighted by Gasteiger charge is -2.14. The first-order chi connectivity index (χ1) is 10.8. The van der Waals surface area contributed by atoms with E-state index in [0.29, 0.717) is 12.6 Å². The van der Waals surface area contributed by atoms with E-state index >= 15 is 0 Å². The van der Waals surface area contributed by atoms with Gasteiger partial charge in [0.15, 0.2) is 0 Å². The molecule has 4 nitrogen and oxygen atoms in total. The Hall–Kier alpha value is -1.88. The molecule has 1 fully saturated rings. The smallest absolute Gasteiger partial charge is 0.212 e. The highest BCUT2D eigenvalue weighted by atomic mass is 19.1. The predicted octanol–water partition coefficient (Wildman–Crippen LogP) is 3.44. The number of halogens is 1. The van der Waals surface area contributed by atoms with E-state index < -0.39 is 0 Å². The summed E-state index contributed by atoms with van der Waals surface area (Å²) in [7, 11) is 1.91. The summed E-state index contributed by atoms with van der Waals surface area (Å²) in [5.74, 6) is 0.581. The average Bonchev–Trinajstić information content (AvgIpc) is 3.16. The third-order valence-corrected chi connectivity index (χ3v) is 4.08. The van der Waals surface area contributed by atoms with Crippen LogP contribution in [0.15, 0.2) is 30.3 Å². The molecule has 0 aliphatic heterocycles. The van der Waals surface area contributed by atoms with E-state index in [1.807, 2.05) is 17.8 Å². The molecule has 118 valence electrons. The summed E-state index contributed by atoms with van der Waals surface area (Å²) in [5.41, 5.74) is 1.94. The van der Waals surface area contributed by atoms with Crippen LogP contribution < -0.4 is 10.1 Å². The molecule has 1 heterocycles. The second-order valence-electron chi connectivity index (χ2n) is 5.80. The number of aromatic nitrogens is 2. The summed E-state index contributed by atoms with van der Waals surface area (Å²) in [4.78, 5) is 0. The zero-order valence-corrected chi connectivity index (χ0v) is 12.9. The van der Waals surface area contributed by atoms with Crippen LogP contribution in [0.2, 0.25) is 0 Å². The molecule has 22 heavy (non-hydrogen) atoms. The molecule has 5 heteroatoms. The van der Waals surface area contributed by atoms with Crippen LogP contribution in [0.5, 0.6) is 5.88 Å². The van der Waals surface area contributed by atoms with Gasteiger partial charge in [0.25, 0.3) is 0 Å². The van der Waals surface area contributed by atoms with E-state index in [2.05, 4.69) is 10.4 Å². The van der Waals surface area contributed by atoms with Gasteiger partial charge in [-0.2, -0.15) is 5.10 Å². The van der Waals surface area contributed by atoms with Crippen molar-refractivity contribution >= 4 is 0 Å². The van der Waals surface area contributed by atoms with Crippen molar-refractivity contribution in [2.45, 2.75) is 44.9 Å². The van der Waals surface area contributed by atoms with Crippen molar-refractivity contribution in [1.29, 1.82) is 0 Å². The zero-order chi connectivity index (χ0) is 15.4. The number of nitrogens with one attached hydrogen (secondary N) is 1. The molecule has 1 aromatic heterocycles. The maximum Gasteiger partial charge on any atom is 0.212 e. The van der Waals surface area contributed by atoms with Gasteiger partial charge in [0.05, 0.1) is 11.7 Å². The number of ether oxygens (including phenoxy) is 1. The lowest BCUT2D eigenvalue weighted by atomic mass is 10.2. The SMILES string of the molecule is CNCc1cc(OCc2ccc(F)cc2)n(C2CCCC2)n1. The Kier molecular flexibility index (Phi) is 4.73. The van der Waals surface area contributed by atoms with E-state index in [1.54, 1.807) is 12.1 Å². The third-order valence-electron chi connectivity index (χ3n) is 4.08. The minimum atomic E-state index is -0.226. The Balaban J connectivity index is 1.74. The van der Waals surface area contributed by atoms with Crippen molar-refractivity contribution in [3.05, 3.63) is 47.4 Å². The predicted molar refractivity (Wildman–Crippen MR) is 83.2 cm³/mol. The molecule has 3 rings (SSSR count). The van der Waals surface area contributed by atoms with E-state index in [1.165, 1.54) is 25.0 Å². The van der Waals surface area contributed by atoms with Crippen molar-refractivity contribution in [3.63, 3.8) is 0 Å². The monoisotopic (exact) mass is 303 g/mol. The zero-order valence-electron chi connectivity index (χ0n) is 12.9. The van der Waals surface area contributed by atoms with Crippen LogP contribution in [0, 0.1) is 5.82 Å². The number of hydrogen-bond donors (Lipinski definition) is 1. The molecule has 1 aliphatic carbocycles. The summed E-state index contributed by atoms with van der Waals surface area (Å²) < 4.78 is 20.9. The number of benzene rings is 1. The van der Waals surface area contributed by atoms with E-state index in [9.17, 15) is 4.39 Å². The highest BCUT2D eigenvalue weighted by Crippen LogP contribution is 2.33. The first kappa shape index (κ1) is 15.0. The Morgan fingerprint density at radius 3 is 2.68 bits per heavy atom. The fraction of sp³-hybridized carbons (Fsp3) is 0.471. The molecule has 0 unspecified atom stereocenters. The molecule has 2 aromatic rings. The van der Waals surface area contributed by atoms with Gasteiger partial charge < -0.3 is 10.1 Å². The lowest BCUT2D eigenvalue weighted by Crippen LogP contribution is -2.11. The van der Waals surface area contributed by atoms with Crippen molar-refractivity contribution in [3.8, 4) is 5.88 Å². The van der Waals surface area contributed by atoms with Crippen molar-refractivity contribution in [2.24, 2.45) is 0 Å². The molecule has 1 saturated carbocycles. The quantitative estimate of drug-likeness (QED) is 0.888. The van der Waals surface area contributed by atoms with E-state index in [0.717, 1.165) is 36.5 Å². The van der Waals surface area contributed by atoms with Crippen LogP contribution >= 0.6 is 0 Å². The number of rotatable bonds is 6. The summed E-state index contributed by atoms with van der Waals surface area (Å²) in [6.07, 6.45) is 4.83. The molecule has 1 aromatic carbocycles. The largest absolute Gasteiger partial charge is 0.473 e. The second-order valence-corrected chi connectivity index (χ2v) is 5.80. The highest BCUT2D eigenvalue weighted by Gasteiger charge is 2.22. The van der Waals surface area contributed by atoms with Crippen LogP contribution in [-0.4, -0.2) is 16.8 Å². The summed E-state index contributed by atoms with van der Waals surface area (Å²) in [5, 5.41) is 7.80. The fourth-order valence-corrected chi connectivity index (χ4v) is 2.95. The molecule has 0 saturated heterocycles. The Morgan fingerprint density at radius 2 is 2.00 bits per heavy atom. The van der Waals surface area contributed by atoms with Gasteiger partial charge in [-0.05, 0) is 37.6 Å². The van der Waals surface area contributed by atoms with Crippen LogP contribution in [-0.2, 0) is 13.2 Å². The molecule has 0 radical (unpaired) electrons. The Labute approximate surface area is 130 Å². The van der Waals surface area contributed by atoms with Crippen molar-refractivity contribution in [1.82, 2.24) is 15.1 Å². The standard InChI is InChI=1S/C17H22FN3O/c1-19-11-15-10-17(21(20-15)16-4-2-3-5-16)22-12-13-6-8-14(18)9-7-13/h6-10,16,19H,2-5,11-12H2,1H3. The van der Waals surface area contributed by atoms with Crippen LogP contribution in [0.1, 0.15) is 43.0 Å². The van der Waals surface area contributed by atoms with Crippen LogP contribution in [0.4, 0.5) is 4.39 Å². The number of hydrogen-bond acceptors (Lipinski definition) is 3. The topological polar surface area (TPSA) is 39.1 Å². The van der Waals surface area contributed by atoms with Crippen LogP contribution in [0.3, 0.4) is 0 Å². The third kappa shape index (κ3) is 3.47. The van der Waals surface area contributed by atoms with Gasteiger partial charge in [-0.25, -0.2) is 9.07 Å². The molecule has 0 bridgehead atoms. The van der Waals surface area contributed by atoms with E-state index in [4.69, 9.17) is 4.74 Å².